The number of ether oxygens (including phenoxy) is 2. The molecule has 182 valence electrons. The standard InChI is InChI=1S/C26H21N3O7/c1-16-6-9-19(10-7-16)28-25(31)21(24(30)27-26(28)32)13-17-8-11-22(23(14-17)35-2)36-15-18-4-3-5-20(12-18)29(33)34/h3-14H,15H2,1-2H3,(H,27,30,32)/b21-13+. The maximum absolute atomic E-state index is 13.1. The number of urea groups is 1. The fourth-order valence-corrected chi connectivity index (χ4v) is 3.57. The van der Waals surface area contributed by atoms with Crippen molar-refractivity contribution >= 4 is 35.3 Å². The molecule has 1 saturated heterocycles. The highest BCUT2D eigenvalue weighted by Gasteiger charge is 2.36. The highest BCUT2D eigenvalue weighted by molar-refractivity contribution is 6.39. The summed E-state index contributed by atoms with van der Waals surface area (Å²) >= 11 is 0. The number of imide groups is 2. The number of nitrogens with one attached hydrogen (secondary N) is 1. The lowest BCUT2D eigenvalue weighted by atomic mass is 10.1. The molecule has 0 aromatic heterocycles. The average molecular weight is 487 g/mol. The van der Waals surface area contributed by atoms with E-state index in [0.29, 0.717) is 28.3 Å². The Hall–Kier alpha value is -4.99. The number of carbonyl (C=O) groups excluding carboxylic acids is 3. The Morgan fingerprint density at radius 1 is 1.00 bits per heavy atom. The predicted molar refractivity (Wildman–Crippen MR) is 131 cm³/mol. The summed E-state index contributed by atoms with van der Waals surface area (Å²) in [7, 11) is 1.43. The van der Waals surface area contributed by atoms with E-state index in [1.807, 2.05) is 6.92 Å². The Kier molecular flexibility index (Phi) is 6.77. The molecule has 1 N–H and O–H groups in total. The van der Waals surface area contributed by atoms with Gasteiger partial charge in [0.25, 0.3) is 17.5 Å². The molecule has 0 unspecified atom stereocenters. The molecule has 10 nitrogen and oxygen atoms in total. The van der Waals surface area contributed by atoms with Crippen LogP contribution in [0.25, 0.3) is 6.08 Å². The molecule has 1 aliphatic heterocycles. The molecule has 0 saturated carbocycles. The van der Waals surface area contributed by atoms with Gasteiger partial charge in [0, 0.05) is 12.1 Å². The van der Waals surface area contributed by atoms with Crippen LogP contribution in [-0.4, -0.2) is 29.9 Å². The zero-order valence-electron chi connectivity index (χ0n) is 19.4. The number of barbiturate groups is 1. The Morgan fingerprint density at radius 2 is 1.75 bits per heavy atom. The van der Waals surface area contributed by atoms with Gasteiger partial charge in [-0.15, -0.1) is 0 Å². The maximum Gasteiger partial charge on any atom is 0.335 e. The first-order valence-electron chi connectivity index (χ1n) is 10.8. The molecule has 0 spiro atoms. The summed E-state index contributed by atoms with van der Waals surface area (Å²) < 4.78 is 11.2. The summed E-state index contributed by atoms with van der Waals surface area (Å²) in [5.41, 5.74) is 2.09. The van der Waals surface area contributed by atoms with E-state index in [4.69, 9.17) is 9.47 Å². The minimum atomic E-state index is -0.825. The summed E-state index contributed by atoms with van der Waals surface area (Å²) in [5, 5.41) is 13.2. The van der Waals surface area contributed by atoms with Crippen LogP contribution in [-0.2, 0) is 16.2 Å². The van der Waals surface area contributed by atoms with Crippen LogP contribution in [0.5, 0.6) is 11.5 Å². The largest absolute Gasteiger partial charge is 0.493 e. The van der Waals surface area contributed by atoms with Crippen LogP contribution in [0.15, 0.2) is 72.3 Å². The highest BCUT2D eigenvalue weighted by Crippen LogP contribution is 2.31. The molecule has 0 atom stereocenters. The van der Waals surface area contributed by atoms with E-state index in [9.17, 15) is 24.5 Å². The van der Waals surface area contributed by atoms with E-state index in [0.717, 1.165) is 10.5 Å². The number of benzene rings is 3. The summed E-state index contributed by atoms with van der Waals surface area (Å²) in [6.07, 6.45) is 1.36. The van der Waals surface area contributed by atoms with Crippen molar-refractivity contribution in [2.24, 2.45) is 0 Å². The molecule has 4 amide bonds. The van der Waals surface area contributed by atoms with E-state index in [-0.39, 0.29) is 17.9 Å². The number of methoxy groups -OCH3 is 1. The number of carbonyl (C=O) groups is 3. The van der Waals surface area contributed by atoms with Crippen LogP contribution in [0.4, 0.5) is 16.2 Å². The van der Waals surface area contributed by atoms with Crippen LogP contribution in [0.1, 0.15) is 16.7 Å². The van der Waals surface area contributed by atoms with Gasteiger partial charge in [-0.25, -0.2) is 9.69 Å². The molecule has 4 rings (SSSR count). The zero-order valence-corrected chi connectivity index (χ0v) is 19.4. The molecule has 0 aliphatic carbocycles. The van der Waals surface area contributed by atoms with Crippen molar-refractivity contribution in [3.63, 3.8) is 0 Å². The lowest BCUT2D eigenvalue weighted by molar-refractivity contribution is -0.384. The lowest BCUT2D eigenvalue weighted by Crippen LogP contribution is -2.54. The van der Waals surface area contributed by atoms with Crippen LogP contribution < -0.4 is 19.7 Å². The van der Waals surface area contributed by atoms with Crippen LogP contribution in [0.3, 0.4) is 0 Å². The maximum atomic E-state index is 13.1. The van der Waals surface area contributed by atoms with E-state index in [2.05, 4.69) is 5.32 Å². The Balaban J connectivity index is 1.57. The van der Waals surface area contributed by atoms with Crippen molar-refractivity contribution in [1.82, 2.24) is 5.32 Å². The number of aryl methyl sites for hydroxylation is 1. The van der Waals surface area contributed by atoms with Gasteiger partial charge in [0.05, 0.1) is 17.7 Å². The number of hydrogen-bond acceptors (Lipinski definition) is 7. The van der Waals surface area contributed by atoms with Gasteiger partial charge in [0.1, 0.15) is 12.2 Å². The monoisotopic (exact) mass is 487 g/mol. The summed E-state index contributed by atoms with van der Waals surface area (Å²) in [5.74, 6) is -0.872. The highest BCUT2D eigenvalue weighted by atomic mass is 16.6. The van der Waals surface area contributed by atoms with Gasteiger partial charge in [-0.3, -0.25) is 25.0 Å². The summed E-state index contributed by atoms with van der Waals surface area (Å²) in [4.78, 5) is 49.3. The number of anilines is 1. The summed E-state index contributed by atoms with van der Waals surface area (Å²) in [6.45, 7) is 1.94. The smallest absolute Gasteiger partial charge is 0.335 e. The molecule has 3 aromatic rings. The molecule has 36 heavy (non-hydrogen) atoms. The van der Waals surface area contributed by atoms with Gasteiger partial charge >= 0.3 is 6.03 Å². The third kappa shape index (κ3) is 5.07. The van der Waals surface area contributed by atoms with Crippen molar-refractivity contribution in [2.75, 3.05) is 12.0 Å². The van der Waals surface area contributed by atoms with Gasteiger partial charge in [0.2, 0.25) is 0 Å². The van der Waals surface area contributed by atoms with Gasteiger partial charge in [-0.05, 0) is 48.4 Å². The fraction of sp³-hybridized carbons (Fsp3) is 0.115. The first kappa shape index (κ1) is 24.1. The quantitative estimate of drug-likeness (QED) is 0.229. The van der Waals surface area contributed by atoms with Crippen molar-refractivity contribution < 1.29 is 28.8 Å². The normalized spacial score (nSPS) is 14.6. The van der Waals surface area contributed by atoms with Crippen LogP contribution in [0, 0.1) is 17.0 Å². The molecule has 1 aliphatic rings. The number of non-ortho nitro benzene ring substituents is 1. The molecule has 0 radical (unpaired) electrons. The van der Waals surface area contributed by atoms with Gasteiger partial charge < -0.3 is 9.47 Å². The second-order valence-electron chi connectivity index (χ2n) is 7.92. The minimum Gasteiger partial charge on any atom is -0.493 e. The van der Waals surface area contributed by atoms with E-state index in [1.54, 1.807) is 54.6 Å². The molecular weight excluding hydrogens is 466 g/mol. The molecule has 3 aromatic carbocycles. The SMILES string of the molecule is COc1cc(/C=C2\C(=O)NC(=O)N(c3ccc(C)cc3)C2=O)ccc1OCc1cccc([N+](=O)[O-])c1. The van der Waals surface area contributed by atoms with Crippen molar-refractivity contribution in [2.45, 2.75) is 13.5 Å². The molecular formula is C26H21N3O7. The van der Waals surface area contributed by atoms with Crippen molar-refractivity contribution in [3.05, 3.63) is 99.1 Å². The number of nitrogens with zero attached hydrogens (tertiary/aromatic N) is 2. The third-order valence-corrected chi connectivity index (χ3v) is 5.41. The number of hydrogen-bond donors (Lipinski definition) is 1. The topological polar surface area (TPSA) is 128 Å². The number of nitro benzene ring substituents is 1. The number of rotatable bonds is 7. The zero-order chi connectivity index (χ0) is 25.8. The van der Waals surface area contributed by atoms with E-state index < -0.39 is 22.8 Å². The minimum absolute atomic E-state index is 0.0429. The molecule has 1 heterocycles. The molecule has 0 bridgehead atoms. The summed E-state index contributed by atoms with van der Waals surface area (Å²) in [6, 6.07) is 16.8. The lowest BCUT2D eigenvalue weighted by Gasteiger charge is -2.26. The van der Waals surface area contributed by atoms with Gasteiger partial charge in [-0.1, -0.05) is 35.9 Å². The van der Waals surface area contributed by atoms with Crippen LogP contribution >= 0.6 is 0 Å². The van der Waals surface area contributed by atoms with Crippen LogP contribution in [0.2, 0.25) is 0 Å². The van der Waals surface area contributed by atoms with Crippen molar-refractivity contribution in [1.29, 1.82) is 0 Å². The molecule has 1 fully saturated rings. The first-order valence-corrected chi connectivity index (χ1v) is 10.8. The first-order chi connectivity index (χ1) is 17.3. The van der Waals surface area contributed by atoms with Gasteiger partial charge in [0.15, 0.2) is 11.5 Å². The van der Waals surface area contributed by atoms with Crippen molar-refractivity contribution in [3.8, 4) is 11.5 Å². The second-order valence-corrected chi connectivity index (χ2v) is 7.92. The van der Waals surface area contributed by atoms with E-state index >= 15 is 0 Å². The Morgan fingerprint density at radius 3 is 2.44 bits per heavy atom. The second kappa shape index (κ2) is 10.1. The van der Waals surface area contributed by atoms with E-state index in [1.165, 1.54) is 25.3 Å². The number of amides is 4. The fourth-order valence-electron chi connectivity index (χ4n) is 3.57. The van der Waals surface area contributed by atoms with Gasteiger partial charge in [-0.2, -0.15) is 0 Å². The Labute approximate surface area is 205 Å². The Bertz CT molecular complexity index is 1400. The third-order valence-electron chi connectivity index (χ3n) is 5.41. The molecule has 10 heteroatoms. The average Bonchev–Trinajstić information content (AvgIpc) is 2.86. The number of nitro groups is 1. The predicted octanol–water partition coefficient (Wildman–Crippen LogP) is 4.16.